The van der Waals surface area contributed by atoms with Crippen molar-refractivity contribution in [1.82, 2.24) is 10.2 Å². The lowest BCUT2D eigenvalue weighted by molar-refractivity contribution is -0.126. The lowest BCUT2D eigenvalue weighted by Crippen LogP contribution is -2.40. The summed E-state index contributed by atoms with van der Waals surface area (Å²) in [5.74, 6) is 0.0373. The molecule has 3 nitrogen and oxygen atoms in total. The molecule has 0 spiro atoms. The third kappa shape index (κ3) is 4.67. The third-order valence-electron chi connectivity index (χ3n) is 5.02. The highest BCUT2D eigenvalue weighted by Gasteiger charge is 2.25. The maximum atomic E-state index is 13.8. The second kappa shape index (κ2) is 8.26. The molecule has 1 heterocycles. The molecule has 2 aromatic rings. The molecule has 132 valence electrons. The van der Waals surface area contributed by atoms with Crippen molar-refractivity contribution in [3.05, 3.63) is 71.0 Å². The number of likely N-dealkylation sites (tertiary alicyclic amines) is 1. The average molecular weight is 340 g/mol. The zero-order valence-corrected chi connectivity index (χ0v) is 14.7. The summed E-state index contributed by atoms with van der Waals surface area (Å²) in [6.45, 7) is 4.92. The zero-order valence-electron chi connectivity index (χ0n) is 14.7. The van der Waals surface area contributed by atoms with E-state index in [4.69, 9.17) is 0 Å². The fourth-order valence-corrected chi connectivity index (χ4v) is 3.36. The fourth-order valence-electron chi connectivity index (χ4n) is 3.36. The Bertz CT molecular complexity index is 723. The molecular weight excluding hydrogens is 315 g/mol. The highest BCUT2D eigenvalue weighted by Crippen LogP contribution is 2.20. The van der Waals surface area contributed by atoms with E-state index >= 15 is 0 Å². The number of amides is 1. The summed E-state index contributed by atoms with van der Waals surface area (Å²) in [4.78, 5) is 14.6. The van der Waals surface area contributed by atoms with Gasteiger partial charge in [-0.1, -0.05) is 42.5 Å². The van der Waals surface area contributed by atoms with Gasteiger partial charge >= 0.3 is 0 Å². The van der Waals surface area contributed by atoms with Crippen LogP contribution in [0.4, 0.5) is 4.39 Å². The molecule has 25 heavy (non-hydrogen) atoms. The van der Waals surface area contributed by atoms with Gasteiger partial charge < -0.3 is 5.32 Å². The average Bonchev–Trinajstić information content (AvgIpc) is 2.63. The van der Waals surface area contributed by atoms with Gasteiger partial charge in [-0.15, -0.1) is 0 Å². The highest BCUT2D eigenvalue weighted by molar-refractivity contribution is 5.78. The SMILES string of the molecule is Cc1ccccc1CNC(=O)C1CCN(Cc2ccccc2F)CC1. The van der Waals surface area contributed by atoms with E-state index in [0.29, 0.717) is 13.1 Å². The predicted octanol–water partition coefficient (Wildman–Crippen LogP) is 3.66. The van der Waals surface area contributed by atoms with Gasteiger partial charge in [-0.3, -0.25) is 9.69 Å². The predicted molar refractivity (Wildman–Crippen MR) is 97.4 cm³/mol. The van der Waals surface area contributed by atoms with E-state index in [1.54, 1.807) is 6.07 Å². The van der Waals surface area contributed by atoms with E-state index in [1.807, 2.05) is 30.3 Å². The first-order chi connectivity index (χ1) is 12.1. The molecule has 0 unspecified atom stereocenters. The molecule has 1 aliphatic rings. The van der Waals surface area contributed by atoms with Crippen molar-refractivity contribution in [3.8, 4) is 0 Å². The Hall–Kier alpha value is -2.20. The second-order valence-electron chi connectivity index (χ2n) is 6.79. The normalized spacial score (nSPS) is 15.9. The maximum Gasteiger partial charge on any atom is 0.223 e. The summed E-state index contributed by atoms with van der Waals surface area (Å²) in [5, 5.41) is 3.07. The number of carbonyl (C=O) groups is 1. The van der Waals surface area contributed by atoms with Crippen LogP contribution < -0.4 is 5.32 Å². The number of carbonyl (C=O) groups excluding carboxylic acids is 1. The molecule has 0 saturated carbocycles. The Morgan fingerprint density at radius 1 is 1.08 bits per heavy atom. The van der Waals surface area contributed by atoms with Gasteiger partial charge in [-0.05, 0) is 50.0 Å². The number of nitrogens with zero attached hydrogens (tertiary/aromatic N) is 1. The van der Waals surface area contributed by atoms with Gasteiger partial charge in [0.25, 0.3) is 0 Å². The van der Waals surface area contributed by atoms with Crippen molar-refractivity contribution >= 4 is 5.91 Å². The number of hydrogen-bond donors (Lipinski definition) is 1. The number of rotatable bonds is 5. The van der Waals surface area contributed by atoms with Gasteiger partial charge in [-0.2, -0.15) is 0 Å². The quantitative estimate of drug-likeness (QED) is 0.901. The van der Waals surface area contributed by atoms with Crippen LogP contribution in [0.15, 0.2) is 48.5 Å². The van der Waals surface area contributed by atoms with E-state index in [1.165, 1.54) is 11.6 Å². The minimum atomic E-state index is -0.152. The van der Waals surface area contributed by atoms with E-state index < -0.39 is 0 Å². The maximum absolute atomic E-state index is 13.8. The van der Waals surface area contributed by atoms with Crippen LogP contribution >= 0.6 is 0 Å². The minimum absolute atomic E-state index is 0.0564. The van der Waals surface area contributed by atoms with Gasteiger partial charge in [-0.25, -0.2) is 4.39 Å². The van der Waals surface area contributed by atoms with Gasteiger partial charge in [0.15, 0.2) is 0 Å². The molecule has 0 atom stereocenters. The molecule has 0 radical (unpaired) electrons. The van der Waals surface area contributed by atoms with E-state index in [9.17, 15) is 9.18 Å². The molecule has 1 amide bonds. The Morgan fingerprint density at radius 2 is 1.72 bits per heavy atom. The molecule has 1 N–H and O–H groups in total. The van der Waals surface area contributed by atoms with Crippen molar-refractivity contribution in [3.63, 3.8) is 0 Å². The molecule has 0 bridgehead atoms. The first-order valence-electron chi connectivity index (χ1n) is 8.91. The van der Waals surface area contributed by atoms with Gasteiger partial charge in [0.1, 0.15) is 5.82 Å². The smallest absolute Gasteiger partial charge is 0.223 e. The zero-order chi connectivity index (χ0) is 17.6. The number of piperidine rings is 1. The number of halogens is 1. The van der Waals surface area contributed by atoms with Crippen molar-refractivity contribution in [2.75, 3.05) is 13.1 Å². The topological polar surface area (TPSA) is 32.3 Å². The number of nitrogens with one attached hydrogen (secondary N) is 1. The van der Waals surface area contributed by atoms with Crippen LogP contribution in [0.5, 0.6) is 0 Å². The number of hydrogen-bond acceptors (Lipinski definition) is 2. The number of aryl methyl sites for hydroxylation is 1. The minimum Gasteiger partial charge on any atom is -0.352 e. The summed E-state index contributed by atoms with van der Waals surface area (Å²) >= 11 is 0. The van der Waals surface area contributed by atoms with Crippen LogP contribution in [0.2, 0.25) is 0 Å². The van der Waals surface area contributed by atoms with Crippen molar-refractivity contribution in [2.24, 2.45) is 5.92 Å². The Morgan fingerprint density at radius 3 is 2.40 bits per heavy atom. The largest absolute Gasteiger partial charge is 0.352 e. The van der Waals surface area contributed by atoms with Crippen LogP contribution in [0.3, 0.4) is 0 Å². The van der Waals surface area contributed by atoms with Gasteiger partial charge in [0.2, 0.25) is 5.91 Å². The summed E-state index contributed by atoms with van der Waals surface area (Å²) in [6.07, 6.45) is 1.65. The third-order valence-corrected chi connectivity index (χ3v) is 5.02. The summed E-state index contributed by atoms with van der Waals surface area (Å²) in [5.41, 5.74) is 3.08. The van der Waals surface area contributed by atoms with Gasteiger partial charge in [0.05, 0.1) is 0 Å². The van der Waals surface area contributed by atoms with Crippen LogP contribution in [0.1, 0.15) is 29.5 Å². The van der Waals surface area contributed by atoms with E-state index in [0.717, 1.165) is 37.1 Å². The molecule has 0 aliphatic carbocycles. The molecular formula is C21H25FN2O. The molecule has 4 heteroatoms. The Balaban J connectivity index is 1.46. The fraction of sp³-hybridized carbons (Fsp3) is 0.381. The molecule has 0 aromatic heterocycles. The Kier molecular flexibility index (Phi) is 5.82. The van der Waals surface area contributed by atoms with Crippen LogP contribution in [-0.4, -0.2) is 23.9 Å². The monoisotopic (exact) mass is 340 g/mol. The highest BCUT2D eigenvalue weighted by atomic mass is 19.1. The second-order valence-corrected chi connectivity index (χ2v) is 6.79. The molecule has 1 aliphatic heterocycles. The van der Waals surface area contributed by atoms with Crippen molar-refractivity contribution in [2.45, 2.75) is 32.9 Å². The molecule has 3 rings (SSSR count). The lowest BCUT2D eigenvalue weighted by atomic mass is 9.95. The van der Waals surface area contributed by atoms with Gasteiger partial charge in [0, 0.05) is 24.6 Å². The molecule has 1 saturated heterocycles. The summed E-state index contributed by atoms with van der Waals surface area (Å²) < 4.78 is 13.8. The van der Waals surface area contributed by atoms with E-state index in [2.05, 4.69) is 23.2 Å². The summed E-state index contributed by atoms with van der Waals surface area (Å²) in [7, 11) is 0. The van der Waals surface area contributed by atoms with Crippen LogP contribution in [-0.2, 0) is 17.9 Å². The van der Waals surface area contributed by atoms with Crippen molar-refractivity contribution in [1.29, 1.82) is 0 Å². The summed E-state index contributed by atoms with van der Waals surface area (Å²) in [6, 6.07) is 15.0. The first-order valence-corrected chi connectivity index (χ1v) is 8.91. The first kappa shape index (κ1) is 17.6. The lowest BCUT2D eigenvalue weighted by Gasteiger charge is -2.31. The van der Waals surface area contributed by atoms with Crippen molar-refractivity contribution < 1.29 is 9.18 Å². The van der Waals surface area contributed by atoms with E-state index in [-0.39, 0.29) is 17.6 Å². The molecule has 2 aromatic carbocycles. The standard InChI is InChI=1S/C21H25FN2O/c1-16-6-2-3-7-18(16)14-23-21(25)17-10-12-24(13-11-17)15-19-8-4-5-9-20(19)22/h2-9,17H,10-15H2,1H3,(H,23,25). The van der Waals surface area contributed by atoms with Crippen LogP contribution in [0, 0.1) is 18.7 Å². The Labute approximate surface area is 148 Å². The molecule has 1 fully saturated rings. The van der Waals surface area contributed by atoms with Crippen LogP contribution in [0.25, 0.3) is 0 Å². The number of benzene rings is 2.